The second-order valence-corrected chi connectivity index (χ2v) is 16.6. The lowest BCUT2D eigenvalue weighted by Crippen LogP contribution is -2.55. The van der Waals surface area contributed by atoms with Gasteiger partial charge < -0.3 is 25.3 Å². The molecule has 2 fully saturated rings. The van der Waals surface area contributed by atoms with Gasteiger partial charge in [0.2, 0.25) is 27.7 Å². The molecule has 12 nitrogen and oxygen atoms in total. The van der Waals surface area contributed by atoms with Gasteiger partial charge in [0.15, 0.2) is 0 Å². The Kier molecular flexibility index (Phi) is 17.6. The average Bonchev–Trinajstić information content (AvgIpc) is 3.02. The fourth-order valence-corrected chi connectivity index (χ4v) is 7.68. The molecule has 2 saturated carbocycles. The van der Waals surface area contributed by atoms with Crippen LogP contribution in [0.2, 0.25) is 0 Å². The molecule has 274 valence electrons. The highest BCUT2D eigenvalue weighted by Gasteiger charge is 2.42. The van der Waals surface area contributed by atoms with Crippen LogP contribution in [0.3, 0.4) is 0 Å². The Morgan fingerprint density at radius 1 is 0.830 bits per heavy atom. The molecule has 2 aliphatic carbocycles. The van der Waals surface area contributed by atoms with Crippen LogP contribution in [0.15, 0.2) is 0 Å². The maximum absolute atomic E-state index is 14.1. The molecule has 0 aromatic carbocycles. The van der Waals surface area contributed by atoms with Crippen LogP contribution in [0.4, 0.5) is 0 Å². The van der Waals surface area contributed by atoms with E-state index in [1.165, 1.54) is 9.91 Å². The van der Waals surface area contributed by atoms with Gasteiger partial charge in [-0.05, 0) is 90.4 Å². The Labute approximate surface area is 284 Å². The fourth-order valence-electron chi connectivity index (χ4n) is 6.95. The van der Waals surface area contributed by atoms with Gasteiger partial charge in [-0.25, -0.2) is 13.4 Å². The molecular formula is C34H65N5O7S. The second kappa shape index (κ2) is 20.0. The van der Waals surface area contributed by atoms with Crippen LogP contribution in [0.5, 0.6) is 0 Å². The van der Waals surface area contributed by atoms with Gasteiger partial charge in [-0.2, -0.15) is 0 Å². The molecule has 0 saturated heterocycles. The predicted molar refractivity (Wildman–Crippen MR) is 184 cm³/mol. The minimum absolute atomic E-state index is 0.0101. The molecule has 5 unspecified atom stereocenters. The quantitative estimate of drug-likeness (QED) is 0.151. The average molecular weight is 688 g/mol. The molecular weight excluding hydrogens is 622 g/mol. The highest BCUT2D eigenvalue weighted by Crippen LogP contribution is 2.36. The maximum atomic E-state index is 14.1. The number of sulfonamides is 1. The number of aliphatic hydroxyl groups is 2. The number of aliphatic hydroxyl groups excluding tert-OH is 2. The van der Waals surface area contributed by atoms with Gasteiger partial charge in [0.1, 0.15) is 0 Å². The van der Waals surface area contributed by atoms with Gasteiger partial charge in [-0.15, -0.1) is 4.83 Å². The molecule has 0 aromatic heterocycles. The Hall–Kier alpha value is -1.80. The fraction of sp³-hybridized carbons (Fsp3) is 0.912. The number of unbranched alkanes of at least 4 members (excludes halogenated alkanes) is 1. The zero-order valence-corrected chi connectivity index (χ0v) is 30.9. The monoisotopic (exact) mass is 687 g/mol. The molecule has 47 heavy (non-hydrogen) atoms. The number of carbonyl (C=O) groups is 3. The number of nitrogens with zero attached hydrogens (tertiary/aromatic N) is 3. The number of rotatable bonds is 19. The molecule has 2 aliphatic rings. The van der Waals surface area contributed by atoms with E-state index in [4.69, 9.17) is 0 Å². The van der Waals surface area contributed by atoms with Crippen LogP contribution in [-0.2, 0) is 24.4 Å². The molecule has 0 heterocycles. The molecule has 3 amide bonds. The summed E-state index contributed by atoms with van der Waals surface area (Å²) in [6.45, 7) is 10.9. The minimum Gasteiger partial charge on any atom is -0.393 e. The van der Waals surface area contributed by atoms with Gasteiger partial charge in [0.05, 0.1) is 23.5 Å². The van der Waals surface area contributed by atoms with Gasteiger partial charge in [-0.1, -0.05) is 27.2 Å². The van der Waals surface area contributed by atoms with Gasteiger partial charge in [-0.3, -0.25) is 14.4 Å². The van der Waals surface area contributed by atoms with Crippen molar-refractivity contribution in [1.29, 1.82) is 0 Å². The van der Waals surface area contributed by atoms with Crippen molar-refractivity contribution in [1.82, 2.24) is 25.0 Å². The molecule has 4 N–H and O–H groups in total. The smallest absolute Gasteiger partial charge is 0.226 e. The highest BCUT2D eigenvalue weighted by molar-refractivity contribution is 7.90. The van der Waals surface area contributed by atoms with Crippen molar-refractivity contribution in [2.24, 2.45) is 23.7 Å². The molecule has 13 heteroatoms. The first-order chi connectivity index (χ1) is 22.1. The lowest BCUT2D eigenvalue weighted by atomic mass is 9.73. The van der Waals surface area contributed by atoms with Gasteiger partial charge >= 0.3 is 0 Å². The summed E-state index contributed by atoms with van der Waals surface area (Å²) in [4.78, 5) is 47.0. The lowest BCUT2D eigenvalue weighted by molar-refractivity contribution is -0.143. The van der Waals surface area contributed by atoms with E-state index in [0.29, 0.717) is 58.2 Å². The lowest BCUT2D eigenvalue weighted by Gasteiger charge is -2.38. The Balaban J connectivity index is 2.34. The first kappa shape index (κ1) is 41.4. The summed E-state index contributed by atoms with van der Waals surface area (Å²) in [7, 11) is -0.268. The summed E-state index contributed by atoms with van der Waals surface area (Å²) >= 11 is 0. The molecule has 0 bridgehead atoms. The van der Waals surface area contributed by atoms with E-state index in [2.05, 4.69) is 10.1 Å². The van der Waals surface area contributed by atoms with E-state index in [-0.39, 0.29) is 36.3 Å². The van der Waals surface area contributed by atoms with E-state index >= 15 is 0 Å². The molecule has 0 aromatic rings. The van der Waals surface area contributed by atoms with Crippen LogP contribution in [0, 0.1) is 23.7 Å². The summed E-state index contributed by atoms with van der Waals surface area (Å²) in [6, 6.07) is -0.675. The van der Waals surface area contributed by atoms with Crippen LogP contribution in [0.1, 0.15) is 112 Å². The van der Waals surface area contributed by atoms with Crippen molar-refractivity contribution in [3.05, 3.63) is 0 Å². The van der Waals surface area contributed by atoms with Crippen LogP contribution < -0.4 is 10.1 Å². The molecule has 2 rings (SSSR count). The van der Waals surface area contributed by atoms with E-state index in [0.717, 1.165) is 38.5 Å². The van der Waals surface area contributed by atoms with E-state index < -0.39 is 45.2 Å². The van der Waals surface area contributed by atoms with E-state index in [9.17, 15) is 33.0 Å². The van der Waals surface area contributed by atoms with Crippen molar-refractivity contribution in [3.63, 3.8) is 0 Å². The van der Waals surface area contributed by atoms with Crippen molar-refractivity contribution in [2.45, 2.75) is 135 Å². The normalized spacial score (nSPS) is 25.0. The molecule has 0 aliphatic heterocycles. The van der Waals surface area contributed by atoms with Crippen molar-refractivity contribution in [2.75, 3.05) is 40.3 Å². The van der Waals surface area contributed by atoms with Crippen LogP contribution >= 0.6 is 0 Å². The molecule has 0 spiro atoms. The standard InChI is InChI=1S/C34H65N5O7S/c1-8-11-18-39(36-47(45,46)24(4)5)23-31(41)30(19-25-12-14-29(40)15-13-25)35-32(42)26-20-27(33(43)37(6)7)22-28(21-26)34(44)38(16-9-2)17-10-3/h24-31,36,40-41H,8-23H2,1-7H3,(H,35,42). The third kappa shape index (κ3) is 13.2. The van der Waals surface area contributed by atoms with Crippen LogP contribution in [-0.4, -0.2) is 115 Å². The minimum atomic E-state index is -3.65. The molecule has 5 atom stereocenters. The first-order valence-corrected chi connectivity index (χ1v) is 19.6. The van der Waals surface area contributed by atoms with E-state index in [1.807, 2.05) is 25.7 Å². The third-order valence-corrected chi connectivity index (χ3v) is 11.5. The largest absolute Gasteiger partial charge is 0.393 e. The first-order valence-electron chi connectivity index (χ1n) is 18.1. The Bertz CT molecular complexity index is 1070. The maximum Gasteiger partial charge on any atom is 0.226 e. The number of hydrogen-bond donors (Lipinski definition) is 4. The number of amides is 3. The van der Waals surface area contributed by atoms with Gasteiger partial charge in [0.25, 0.3) is 0 Å². The summed E-state index contributed by atoms with van der Waals surface area (Å²) < 4.78 is 25.5. The van der Waals surface area contributed by atoms with E-state index in [1.54, 1.807) is 27.9 Å². The van der Waals surface area contributed by atoms with Crippen LogP contribution in [0.25, 0.3) is 0 Å². The Morgan fingerprint density at radius 3 is 1.89 bits per heavy atom. The van der Waals surface area contributed by atoms with Crippen molar-refractivity contribution < 1.29 is 33.0 Å². The molecule has 0 radical (unpaired) electrons. The Morgan fingerprint density at radius 2 is 1.38 bits per heavy atom. The summed E-state index contributed by atoms with van der Waals surface area (Å²) in [6.07, 6.45) is 6.17. The SMILES string of the molecule is CCCCN(CC(O)C(CC1CCC(O)CC1)NC(=O)C1CC(C(=O)N(C)C)CC(C(=O)N(CCC)CCC)C1)NS(=O)(=O)C(C)C. The topological polar surface area (TPSA) is 160 Å². The number of hydrogen-bond acceptors (Lipinski definition) is 8. The summed E-state index contributed by atoms with van der Waals surface area (Å²) in [5.41, 5.74) is 0. The summed E-state index contributed by atoms with van der Waals surface area (Å²) in [5.74, 6) is -1.73. The highest BCUT2D eigenvalue weighted by atomic mass is 32.2. The predicted octanol–water partition coefficient (Wildman–Crippen LogP) is 2.89. The zero-order chi connectivity index (χ0) is 35.3. The number of carbonyl (C=O) groups excluding carboxylic acids is 3. The third-order valence-electron chi connectivity index (χ3n) is 9.78. The zero-order valence-electron chi connectivity index (χ0n) is 30.1. The number of hydrazine groups is 1. The van der Waals surface area contributed by atoms with Crippen molar-refractivity contribution in [3.8, 4) is 0 Å². The number of nitrogens with one attached hydrogen (secondary N) is 2. The van der Waals surface area contributed by atoms with Crippen molar-refractivity contribution >= 4 is 27.7 Å². The second-order valence-electron chi connectivity index (χ2n) is 14.4. The van der Waals surface area contributed by atoms with Gasteiger partial charge in [0, 0.05) is 58.0 Å². The summed E-state index contributed by atoms with van der Waals surface area (Å²) in [5, 5.41) is 25.7.